The molecule has 2 saturated heterocycles. The number of nitrogens with two attached hydrogens (primary N) is 2. The number of H-pyrrole nitrogens is 1. The monoisotopic (exact) mass is 1030 g/mol. The standard InChI is InChI=1S/C58H68N10O8/c1-75-41-3-7-49-43(29-41)53-45-33-67(21-15-37(45)27-39(55(53)63-49)31-61-51(69)9-5-47(59)57(71)72)25-23-65-17-11-35(12-18-65)36-13-19-66(20-14-36)24-26-68-22-16-38-28-40(32-62-52(70)10-6-48(60)58(73)74)56-54(46(38)34-68)44-30-42(76-2)4-8-50(44)64-56/h3-4,7-8,15-16,21-22,27-30,33-36,47-48H,5-6,9-14,17-20,23-26,31-32,59-60H2,1-2H3,(H4,61,62,69,70,71,72,73,74)/p+1/t47-,48-/m0/s1. The van der Waals surface area contributed by atoms with E-state index in [0.29, 0.717) is 0 Å². The number of aromatic nitrogens is 4. The van der Waals surface area contributed by atoms with Crippen LogP contribution in [0, 0.1) is 11.8 Å². The number of carbonyl (C=O) groups is 4. The van der Waals surface area contributed by atoms with Crippen LogP contribution in [0.4, 0.5) is 0 Å². The molecule has 18 heteroatoms. The minimum atomic E-state index is -1.12. The number of ether oxygens (including phenoxy) is 2. The lowest BCUT2D eigenvalue weighted by molar-refractivity contribution is -0.695. The van der Waals surface area contributed by atoms with Gasteiger partial charge < -0.3 is 56.2 Å². The Balaban J connectivity index is 0.736. The molecule has 18 nitrogen and oxygen atoms in total. The van der Waals surface area contributed by atoms with Gasteiger partial charge in [-0.25, -0.2) is 9.55 Å². The number of piperidine rings is 2. The molecule has 2 amide bonds. The maximum absolute atomic E-state index is 12.7. The smallest absolute Gasteiger partial charge is 0.320 e. The Labute approximate surface area is 440 Å². The van der Waals surface area contributed by atoms with Crippen LogP contribution in [-0.4, -0.2) is 124 Å². The normalized spacial score (nSPS) is 16.0. The van der Waals surface area contributed by atoms with Gasteiger partial charge in [0.05, 0.1) is 42.7 Å². The zero-order valence-electron chi connectivity index (χ0n) is 43.4. The summed E-state index contributed by atoms with van der Waals surface area (Å²) in [5.74, 6) is 0.258. The molecular formula is C58H69N10O8+. The van der Waals surface area contributed by atoms with Crippen LogP contribution >= 0.6 is 0 Å². The second-order valence-electron chi connectivity index (χ2n) is 20.8. The maximum Gasteiger partial charge on any atom is 0.320 e. The summed E-state index contributed by atoms with van der Waals surface area (Å²) in [5, 5.41) is 32.7. The molecule has 2 aliphatic rings. The van der Waals surface area contributed by atoms with E-state index >= 15 is 0 Å². The number of hydrogen-bond donors (Lipinski definition) is 7. The Morgan fingerprint density at radius 3 is 1.95 bits per heavy atom. The van der Waals surface area contributed by atoms with Crippen LogP contribution in [0.1, 0.15) is 62.5 Å². The van der Waals surface area contributed by atoms with E-state index in [1.165, 1.54) is 25.7 Å². The largest absolute Gasteiger partial charge is 0.497 e. The lowest BCUT2D eigenvalue weighted by Gasteiger charge is -2.40. The van der Waals surface area contributed by atoms with Crippen LogP contribution in [0.2, 0.25) is 0 Å². The summed E-state index contributed by atoms with van der Waals surface area (Å²) in [6, 6.07) is 18.3. The first-order chi connectivity index (χ1) is 36.8. The molecule has 76 heavy (non-hydrogen) atoms. The second kappa shape index (κ2) is 22.8. The first kappa shape index (κ1) is 52.1. The molecule has 0 unspecified atom stereocenters. The van der Waals surface area contributed by atoms with E-state index in [1.807, 2.05) is 30.3 Å². The van der Waals surface area contributed by atoms with Gasteiger partial charge in [0.15, 0.2) is 18.9 Å². The van der Waals surface area contributed by atoms with Crippen molar-refractivity contribution in [2.24, 2.45) is 23.3 Å². The molecule has 10 rings (SSSR count). The van der Waals surface area contributed by atoms with Gasteiger partial charge in [-0.3, -0.25) is 24.1 Å². The van der Waals surface area contributed by atoms with Crippen molar-refractivity contribution in [3.05, 3.63) is 96.6 Å². The Kier molecular flexibility index (Phi) is 15.7. The van der Waals surface area contributed by atoms with Gasteiger partial charge in [0.1, 0.15) is 23.6 Å². The summed E-state index contributed by atoms with van der Waals surface area (Å²) in [4.78, 5) is 61.7. The second-order valence-corrected chi connectivity index (χ2v) is 20.8. The summed E-state index contributed by atoms with van der Waals surface area (Å²) < 4.78 is 15.8. The van der Waals surface area contributed by atoms with Crippen molar-refractivity contribution in [1.82, 2.24) is 35.0 Å². The van der Waals surface area contributed by atoms with E-state index in [0.717, 1.165) is 152 Å². The number of aromatic amines is 1. The molecule has 2 atom stereocenters. The molecule has 398 valence electrons. The predicted octanol–water partition coefficient (Wildman–Crippen LogP) is 6.18. The number of carboxylic acids is 2. The highest BCUT2D eigenvalue weighted by Gasteiger charge is 2.30. The molecule has 0 spiro atoms. The van der Waals surface area contributed by atoms with E-state index in [1.54, 1.807) is 14.2 Å². The molecule has 4 aromatic carbocycles. The van der Waals surface area contributed by atoms with Crippen LogP contribution in [0.25, 0.3) is 65.2 Å². The number of aliphatic carboxylic acids is 2. The zero-order chi connectivity index (χ0) is 53.0. The molecule has 8 aromatic rings. The van der Waals surface area contributed by atoms with Gasteiger partial charge in [0.2, 0.25) is 11.8 Å². The van der Waals surface area contributed by atoms with Crippen molar-refractivity contribution in [1.29, 1.82) is 0 Å². The van der Waals surface area contributed by atoms with Crippen molar-refractivity contribution >= 4 is 88.9 Å². The van der Waals surface area contributed by atoms with Crippen LogP contribution in [0.5, 0.6) is 11.5 Å². The number of rotatable bonds is 21. The highest BCUT2D eigenvalue weighted by atomic mass is 16.5. The highest BCUT2D eigenvalue weighted by molar-refractivity contribution is 6.22. The molecule has 2 fully saturated rings. The number of benzene rings is 4. The lowest BCUT2D eigenvalue weighted by atomic mass is 9.79. The van der Waals surface area contributed by atoms with Gasteiger partial charge in [0.25, 0.3) is 0 Å². The number of methoxy groups -OCH3 is 2. The Hall–Kier alpha value is -7.38. The first-order valence-electron chi connectivity index (χ1n) is 26.6. The average molecular weight is 1030 g/mol. The third-order valence-electron chi connectivity index (χ3n) is 16.1. The first-order valence-corrected chi connectivity index (χ1v) is 26.6. The molecule has 0 radical (unpaired) electrons. The fraction of sp³-hybridized carbons (Fsp3) is 0.414. The molecule has 0 aliphatic carbocycles. The van der Waals surface area contributed by atoms with E-state index < -0.39 is 24.0 Å². The van der Waals surface area contributed by atoms with Gasteiger partial charge in [-0.15, -0.1) is 0 Å². The number of nitrogens with zero attached hydrogens (tertiary/aromatic N) is 5. The third kappa shape index (κ3) is 11.4. The molecule has 0 saturated carbocycles. The van der Waals surface area contributed by atoms with Crippen LogP contribution in [-0.2, 0) is 45.4 Å². The number of amides is 2. The van der Waals surface area contributed by atoms with E-state index in [9.17, 15) is 19.2 Å². The summed E-state index contributed by atoms with van der Waals surface area (Å²) in [5.41, 5.74) is 16.7. The van der Waals surface area contributed by atoms with E-state index in [2.05, 4.69) is 89.7 Å². The summed E-state index contributed by atoms with van der Waals surface area (Å²) in [6.45, 7) is 8.63. The van der Waals surface area contributed by atoms with Crippen molar-refractivity contribution in [3.8, 4) is 11.5 Å². The summed E-state index contributed by atoms with van der Waals surface area (Å²) >= 11 is 0. The topological polar surface area (TPSA) is 247 Å². The van der Waals surface area contributed by atoms with Crippen molar-refractivity contribution < 1.29 is 43.4 Å². The Morgan fingerprint density at radius 2 is 1.30 bits per heavy atom. The van der Waals surface area contributed by atoms with Crippen LogP contribution < -0.4 is 36.1 Å². The number of nitrogens with one attached hydrogen (secondary N) is 3. The molecule has 0 bridgehead atoms. The van der Waals surface area contributed by atoms with Crippen LogP contribution in [0.3, 0.4) is 0 Å². The Morgan fingerprint density at radius 1 is 0.711 bits per heavy atom. The minimum absolute atomic E-state index is 0.0222. The SMILES string of the molecule is COc1ccc2nc3c(CNC(=O)CC[C@H](N)C(=O)O)cc4ccn(CCN5CCC(C6CCN(CC[n+]7ccc8cc(CNC(=O)CC[C@H](N)C(=O)O)c9[nH]c%10ccc(OC)cc%10c9c8c7)CC6)CC5)cc4c3c2c1. The van der Waals surface area contributed by atoms with Crippen LogP contribution in [0.15, 0.2) is 85.5 Å². The summed E-state index contributed by atoms with van der Waals surface area (Å²) in [7, 11) is 3.33. The predicted molar refractivity (Wildman–Crippen MR) is 293 cm³/mol. The number of fused-ring (bicyclic) bond motifs is 10. The molecular weight excluding hydrogens is 965 g/mol. The number of hydrogen-bond acceptors (Lipinski definition) is 11. The number of pyridine rings is 2. The minimum Gasteiger partial charge on any atom is -0.497 e. The average Bonchev–Trinajstić information content (AvgIpc) is 4.05. The van der Waals surface area contributed by atoms with Gasteiger partial charge in [-0.05, 0) is 153 Å². The van der Waals surface area contributed by atoms with E-state index in [-0.39, 0.29) is 50.6 Å². The molecule has 9 N–H and O–H groups in total. The summed E-state index contributed by atoms with van der Waals surface area (Å²) in [6.07, 6.45) is 13.8. The van der Waals surface area contributed by atoms with Gasteiger partial charge >= 0.3 is 11.9 Å². The van der Waals surface area contributed by atoms with Gasteiger partial charge in [-0.1, -0.05) is 0 Å². The fourth-order valence-corrected chi connectivity index (χ4v) is 11.6. The molecule has 2 aliphatic heterocycles. The third-order valence-corrected chi connectivity index (χ3v) is 16.1. The van der Waals surface area contributed by atoms with Gasteiger partial charge in [0, 0.05) is 89.9 Å². The fourth-order valence-electron chi connectivity index (χ4n) is 11.6. The van der Waals surface area contributed by atoms with Crippen molar-refractivity contribution in [3.63, 3.8) is 0 Å². The Bertz CT molecular complexity index is 3240. The molecule has 6 heterocycles. The van der Waals surface area contributed by atoms with E-state index in [4.69, 9.17) is 36.1 Å². The number of carbonyl (C=O) groups excluding carboxylic acids is 2. The number of carboxylic acid groups (broad SMARTS) is 2. The maximum atomic E-state index is 12.7. The van der Waals surface area contributed by atoms with Crippen molar-refractivity contribution in [2.75, 3.05) is 53.5 Å². The molecule has 4 aromatic heterocycles. The van der Waals surface area contributed by atoms with Crippen molar-refractivity contribution in [2.45, 2.75) is 89.6 Å². The zero-order valence-corrected chi connectivity index (χ0v) is 43.4. The highest BCUT2D eigenvalue weighted by Crippen LogP contribution is 2.38. The van der Waals surface area contributed by atoms with Gasteiger partial charge in [-0.2, -0.15) is 0 Å². The lowest BCUT2D eigenvalue weighted by Crippen LogP contribution is -2.45. The quantitative estimate of drug-likeness (QED) is 0.0398. The number of likely N-dealkylation sites (tertiary alicyclic amines) is 2.